The van der Waals surface area contributed by atoms with Crippen LogP contribution in [0.2, 0.25) is 0 Å². The van der Waals surface area contributed by atoms with Crippen LogP contribution in [0.5, 0.6) is 0 Å². The van der Waals surface area contributed by atoms with E-state index < -0.39 is 0 Å². The second kappa shape index (κ2) is 6.43. The Hall–Kier alpha value is -1.63. The zero-order valence-corrected chi connectivity index (χ0v) is 13.5. The molecule has 0 saturated carbocycles. The van der Waals surface area contributed by atoms with Crippen molar-refractivity contribution in [2.24, 2.45) is 0 Å². The molecular weight excluding hydrogens is 288 g/mol. The molecular formula is C14H20N4O2S. The van der Waals surface area contributed by atoms with Gasteiger partial charge in [0.15, 0.2) is 0 Å². The molecule has 0 unspecified atom stereocenters. The molecule has 0 bridgehead atoms. The van der Waals surface area contributed by atoms with Gasteiger partial charge in [0.25, 0.3) is 0 Å². The first-order valence-electron chi connectivity index (χ1n) is 7.00. The number of amides is 3. The lowest BCUT2D eigenvalue weighted by atomic mass is 10.2. The van der Waals surface area contributed by atoms with E-state index in [1.54, 1.807) is 6.92 Å². The van der Waals surface area contributed by atoms with Gasteiger partial charge in [0.2, 0.25) is 5.91 Å². The van der Waals surface area contributed by atoms with E-state index in [0.717, 1.165) is 16.5 Å². The van der Waals surface area contributed by atoms with Gasteiger partial charge in [-0.1, -0.05) is 25.6 Å². The minimum Gasteiger partial charge on any atom is -0.336 e. The molecule has 3 amide bonds. The van der Waals surface area contributed by atoms with E-state index in [9.17, 15) is 9.59 Å². The molecule has 2 rings (SSSR count). The van der Waals surface area contributed by atoms with Gasteiger partial charge in [0.1, 0.15) is 10.9 Å². The molecule has 1 aromatic heterocycles. The predicted molar refractivity (Wildman–Crippen MR) is 81.3 cm³/mol. The van der Waals surface area contributed by atoms with E-state index >= 15 is 0 Å². The number of carbonyl (C=O) groups is 2. The first-order valence-corrected chi connectivity index (χ1v) is 7.88. The van der Waals surface area contributed by atoms with Gasteiger partial charge in [-0.2, -0.15) is 0 Å². The molecule has 0 aliphatic carbocycles. The van der Waals surface area contributed by atoms with Crippen LogP contribution in [0.3, 0.4) is 0 Å². The largest absolute Gasteiger partial charge is 0.336 e. The van der Waals surface area contributed by atoms with Crippen molar-refractivity contribution in [3.05, 3.63) is 17.6 Å². The molecule has 114 valence electrons. The standard InChI is InChI=1S/C14H20N4O2S/c1-8(2)12-16-9(3)7-11(17-12)21-10(4)13(19)18-6-5-15-14(18)20/h7-8,10H,5-6H2,1-4H3,(H,15,20)/t10-/m0/s1. The molecule has 2 heterocycles. The highest BCUT2D eigenvalue weighted by Crippen LogP contribution is 2.25. The van der Waals surface area contributed by atoms with Crippen LogP contribution in [0.25, 0.3) is 0 Å². The van der Waals surface area contributed by atoms with Gasteiger partial charge in [0.05, 0.1) is 5.25 Å². The molecule has 0 spiro atoms. The predicted octanol–water partition coefficient (Wildman–Crippen LogP) is 1.94. The number of imide groups is 1. The van der Waals surface area contributed by atoms with Gasteiger partial charge in [-0.25, -0.2) is 14.8 Å². The third kappa shape index (κ3) is 3.72. The van der Waals surface area contributed by atoms with Crippen LogP contribution < -0.4 is 5.32 Å². The maximum absolute atomic E-state index is 12.3. The third-order valence-electron chi connectivity index (χ3n) is 3.13. The molecule has 1 atom stereocenters. The van der Waals surface area contributed by atoms with E-state index in [1.165, 1.54) is 16.7 Å². The van der Waals surface area contributed by atoms with Crippen LogP contribution in [0, 0.1) is 6.92 Å². The lowest BCUT2D eigenvalue weighted by Gasteiger charge is -2.17. The molecule has 1 aliphatic rings. The fraction of sp³-hybridized carbons (Fsp3) is 0.571. The number of nitrogens with one attached hydrogen (secondary N) is 1. The average molecular weight is 308 g/mol. The minimum absolute atomic E-state index is 0.183. The van der Waals surface area contributed by atoms with Gasteiger partial charge in [-0.05, 0) is 19.9 Å². The van der Waals surface area contributed by atoms with Crippen LogP contribution in [0.4, 0.5) is 4.79 Å². The fourth-order valence-electron chi connectivity index (χ4n) is 2.01. The van der Waals surface area contributed by atoms with Crippen LogP contribution in [-0.2, 0) is 4.79 Å². The highest BCUT2D eigenvalue weighted by Gasteiger charge is 2.30. The van der Waals surface area contributed by atoms with Crippen molar-refractivity contribution in [1.29, 1.82) is 0 Å². The first kappa shape index (κ1) is 15.8. The van der Waals surface area contributed by atoms with E-state index in [-0.39, 0.29) is 23.1 Å². The molecule has 0 aromatic carbocycles. The molecule has 1 fully saturated rings. The summed E-state index contributed by atoms with van der Waals surface area (Å²) in [5, 5.41) is 3.05. The summed E-state index contributed by atoms with van der Waals surface area (Å²) in [4.78, 5) is 33.9. The van der Waals surface area contributed by atoms with E-state index in [1.807, 2.05) is 26.8 Å². The maximum atomic E-state index is 12.3. The molecule has 7 heteroatoms. The monoisotopic (exact) mass is 308 g/mol. The molecule has 6 nitrogen and oxygen atoms in total. The summed E-state index contributed by atoms with van der Waals surface area (Å²) < 4.78 is 0. The smallest absolute Gasteiger partial charge is 0.324 e. The van der Waals surface area contributed by atoms with Crippen molar-refractivity contribution in [2.45, 2.75) is 43.9 Å². The van der Waals surface area contributed by atoms with Crippen LogP contribution in [0.1, 0.15) is 38.2 Å². The van der Waals surface area contributed by atoms with Gasteiger partial charge in [-0.15, -0.1) is 0 Å². The molecule has 0 radical (unpaired) electrons. The lowest BCUT2D eigenvalue weighted by molar-refractivity contribution is -0.126. The normalized spacial score (nSPS) is 16.2. The Morgan fingerprint density at radius 2 is 2.10 bits per heavy atom. The Kier molecular flexibility index (Phi) is 4.82. The van der Waals surface area contributed by atoms with E-state index in [0.29, 0.717) is 13.1 Å². The fourth-order valence-corrected chi connectivity index (χ4v) is 2.99. The number of thioether (sulfide) groups is 1. The van der Waals surface area contributed by atoms with Crippen LogP contribution in [-0.4, -0.2) is 45.1 Å². The number of rotatable bonds is 4. The molecule has 1 saturated heterocycles. The van der Waals surface area contributed by atoms with Crippen LogP contribution >= 0.6 is 11.8 Å². The molecule has 21 heavy (non-hydrogen) atoms. The van der Waals surface area contributed by atoms with Crippen molar-refractivity contribution in [2.75, 3.05) is 13.1 Å². The van der Waals surface area contributed by atoms with Crippen molar-refractivity contribution < 1.29 is 9.59 Å². The Morgan fingerprint density at radius 1 is 1.38 bits per heavy atom. The molecule has 1 aromatic rings. The van der Waals surface area contributed by atoms with Gasteiger partial charge in [0, 0.05) is 24.7 Å². The summed E-state index contributed by atoms with van der Waals surface area (Å²) in [5.74, 6) is 0.827. The number of carbonyl (C=O) groups excluding carboxylic acids is 2. The number of nitrogens with zero attached hydrogens (tertiary/aromatic N) is 3. The second-order valence-corrected chi connectivity index (χ2v) is 6.70. The summed E-state index contributed by atoms with van der Waals surface area (Å²) in [6.45, 7) is 8.73. The number of urea groups is 1. The maximum Gasteiger partial charge on any atom is 0.324 e. The highest BCUT2D eigenvalue weighted by atomic mass is 32.2. The van der Waals surface area contributed by atoms with Crippen LogP contribution in [0.15, 0.2) is 11.1 Å². The van der Waals surface area contributed by atoms with E-state index in [4.69, 9.17) is 0 Å². The number of hydrogen-bond acceptors (Lipinski definition) is 5. The Morgan fingerprint density at radius 3 is 2.67 bits per heavy atom. The summed E-state index contributed by atoms with van der Waals surface area (Å²) in [7, 11) is 0. The Balaban J connectivity index is 2.10. The van der Waals surface area contributed by atoms with Crippen molar-refractivity contribution in [1.82, 2.24) is 20.2 Å². The number of hydrogen-bond donors (Lipinski definition) is 1. The quantitative estimate of drug-likeness (QED) is 0.679. The second-order valence-electron chi connectivity index (χ2n) is 5.34. The zero-order chi connectivity index (χ0) is 15.6. The number of aromatic nitrogens is 2. The van der Waals surface area contributed by atoms with Crippen molar-refractivity contribution >= 4 is 23.7 Å². The number of aryl methyl sites for hydroxylation is 1. The SMILES string of the molecule is Cc1cc(S[C@@H](C)C(=O)N2CCNC2=O)nc(C(C)C)n1. The van der Waals surface area contributed by atoms with Crippen molar-refractivity contribution in [3.8, 4) is 0 Å². The minimum atomic E-state index is -0.358. The Labute approximate surface area is 128 Å². The van der Waals surface area contributed by atoms with Gasteiger partial charge >= 0.3 is 6.03 Å². The first-order chi connectivity index (χ1) is 9.88. The van der Waals surface area contributed by atoms with Gasteiger partial charge < -0.3 is 5.32 Å². The Bertz CT molecular complexity index is 562. The highest BCUT2D eigenvalue weighted by molar-refractivity contribution is 8.00. The topological polar surface area (TPSA) is 75.2 Å². The molecule has 1 N–H and O–H groups in total. The summed E-state index contributed by atoms with van der Waals surface area (Å²) in [6, 6.07) is 1.55. The summed E-state index contributed by atoms with van der Waals surface area (Å²) in [6.07, 6.45) is 0. The zero-order valence-electron chi connectivity index (χ0n) is 12.7. The van der Waals surface area contributed by atoms with Crippen molar-refractivity contribution in [3.63, 3.8) is 0 Å². The lowest BCUT2D eigenvalue weighted by Crippen LogP contribution is -2.38. The average Bonchev–Trinajstić information content (AvgIpc) is 2.83. The third-order valence-corrected chi connectivity index (χ3v) is 4.14. The molecule has 1 aliphatic heterocycles. The summed E-state index contributed by atoms with van der Waals surface area (Å²) in [5.41, 5.74) is 0.884. The summed E-state index contributed by atoms with van der Waals surface area (Å²) >= 11 is 1.36. The van der Waals surface area contributed by atoms with Gasteiger partial charge in [-0.3, -0.25) is 9.69 Å². The van der Waals surface area contributed by atoms with E-state index in [2.05, 4.69) is 15.3 Å².